The summed E-state index contributed by atoms with van der Waals surface area (Å²) in [5, 5.41) is -0.967. The summed E-state index contributed by atoms with van der Waals surface area (Å²) in [7, 11) is 0. The highest BCUT2D eigenvalue weighted by Gasteiger charge is 2.22. The molecule has 0 amide bonds. The maximum atomic E-state index is 12.5. The monoisotopic (exact) mass is 332 g/mol. The van der Waals surface area contributed by atoms with Gasteiger partial charge in [-0.15, -0.1) is 0 Å². The van der Waals surface area contributed by atoms with Gasteiger partial charge in [0.05, 0.1) is 9.13 Å². The Bertz CT molecular complexity index is 386. The molecule has 0 saturated carbocycles. The minimum Gasteiger partial charge on any atom is -0.383 e. The van der Waals surface area contributed by atoms with Crippen LogP contribution in [0.4, 0.5) is 14.6 Å². The van der Waals surface area contributed by atoms with Crippen LogP contribution in [0.5, 0.6) is 0 Å². The number of hydrogen-bond acceptors (Lipinski definition) is 3. The third kappa shape index (κ3) is 2.11. The van der Waals surface area contributed by atoms with Crippen LogP contribution < -0.4 is 5.73 Å². The van der Waals surface area contributed by atoms with Crippen molar-refractivity contribution >= 4 is 45.3 Å². The Kier molecular flexibility index (Phi) is 3.59. The minimum atomic E-state index is -2.80. The fourth-order valence-electron chi connectivity index (χ4n) is 0.886. The average Bonchev–Trinajstić information content (AvgIpc) is 2.08. The molecular weight excluding hydrogens is 328 g/mol. The molecule has 0 unspecified atom stereocenters. The molecule has 1 aromatic rings. The van der Waals surface area contributed by atoms with E-state index in [0.29, 0.717) is 0 Å². The largest absolute Gasteiger partial charge is 0.383 e. The van der Waals surface area contributed by atoms with Gasteiger partial charge in [-0.25, -0.2) is 13.8 Å². The van der Waals surface area contributed by atoms with Crippen molar-refractivity contribution in [3.8, 4) is 0 Å². The van der Waals surface area contributed by atoms with Crippen LogP contribution in [0.25, 0.3) is 0 Å². The van der Waals surface area contributed by atoms with Crippen molar-refractivity contribution in [2.45, 2.75) is 6.43 Å². The molecule has 0 saturated heterocycles. The standard InChI is InChI=1S/C7H4ClF2IN2O/c8-5(14)2-1-13-7(12)4(11)3(2)6(9)10/h1,6H,(H2,12,13). The smallest absolute Gasteiger partial charge is 0.265 e. The van der Waals surface area contributed by atoms with E-state index in [-0.39, 0.29) is 15.0 Å². The number of nitrogen functional groups attached to an aromatic ring is 1. The van der Waals surface area contributed by atoms with E-state index in [4.69, 9.17) is 17.3 Å². The maximum absolute atomic E-state index is 12.5. The first-order valence-corrected chi connectivity index (χ1v) is 4.82. The Balaban J connectivity index is 3.45. The van der Waals surface area contributed by atoms with Gasteiger partial charge in [0.15, 0.2) is 0 Å². The highest BCUT2D eigenvalue weighted by Crippen LogP contribution is 2.30. The van der Waals surface area contributed by atoms with Crippen molar-refractivity contribution in [2.24, 2.45) is 0 Å². The zero-order chi connectivity index (χ0) is 10.9. The van der Waals surface area contributed by atoms with Gasteiger partial charge in [-0.05, 0) is 34.2 Å². The molecule has 0 fully saturated rings. The fourth-order valence-corrected chi connectivity index (χ4v) is 1.70. The molecule has 76 valence electrons. The molecule has 14 heavy (non-hydrogen) atoms. The van der Waals surface area contributed by atoms with Crippen molar-refractivity contribution in [3.63, 3.8) is 0 Å². The quantitative estimate of drug-likeness (QED) is 0.669. The Morgan fingerprint density at radius 2 is 2.21 bits per heavy atom. The van der Waals surface area contributed by atoms with Gasteiger partial charge in [0.2, 0.25) is 0 Å². The lowest BCUT2D eigenvalue weighted by Crippen LogP contribution is -2.06. The third-order valence-corrected chi connectivity index (χ3v) is 2.85. The first-order chi connectivity index (χ1) is 6.45. The Hall–Kier alpha value is -0.500. The van der Waals surface area contributed by atoms with E-state index >= 15 is 0 Å². The highest BCUT2D eigenvalue weighted by molar-refractivity contribution is 14.1. The number of halogens is 4. The summed E-state index contributed by atoms with van der Waals surface area (Å²) < 4.78 is 25.1. The highest BCUT2D eigenvalue weighted by atomic mass is 127. The molecule has 2 N–H and O–H groups in total. The summed E-state index contributed by atoms with van der Waals surface area (Å²) >= 11 is 6.72. The van der Waals surface area contributed by atoms with Crippen molar-refractivity contribution < 1.29 is 13.6 Å². The molecule has 0 radical (unpaired) electrons. The molecule has 3 nitrogen and oxygen atoms in total. The van der Waals surface area contributed by atoms with Crippen LogP contribution in [-0.4, -0.2) is 10.2 Å². The lowest BCUT2D eigenvalue weighted by molar-refractivity contribution is 0.106. The second kappa shape index (κ2) is 4.35. The lowest BCUT2D eigenvalue weighted by Gasteiger charge is -2.08. The van der Waals surface area contributed by atoms with Crippen LogP contribution in [0, 0.1) is 3.57 Å². The van der Waals surface area contributed by atoms with Gasteiger partial charge in [-0.3, -0.25) is 4.79 Å². The SMILES string of the molecule is Nc1ncc(C(=O)Cl)c(C(F)F)c1I. The molecule has 1 heterocycles. The fraction of sp³-hybridized carbons (Fsp3) is 0.143. The Morgan fingerprint density at radius 1 is 1.64 bits per heavy atom. The van der Waals surface area contributed by atoms with Crippen LogP contribution in [0.3, 0.4) is 0 Å². The van der Waals surface area contributed by atoms with Gasteiger partial charge >= 0.3 is 0 Å². The van der Waals surface area contributed by atoms with E-state index in [1.807, 2.05) is 0 Å². The summed E-state index contributed by atoms with van der Waals surface area (Å²) in [6.07, 6.45) is -1.85. The number of pyridine rings is 1. The zero-order valence-electron chi connectivity index (χ0n) is 6.60. The van der Waals surface area contributed by atoms with E-state index < -0.39 is 17.2 Å². The second-order valence-electron chi connectivity index (χ2n) is 2.36. The van der Waals surface area contributed by atoms with Crippen LogP contribution in [-0.2, 0) is 0 Å². The van der Waals surface area contributed by atoms with Gasteiger partial charge < -0.3 is 5.73 Å². The molecular formula is C7H4ClF2IN2O. The average molecular weight is 332 g/mol. The van der Waals surface area contributed by atoms with E-state index in [1.165, 1.54) is 0 Å². The summed E-state index contributed by atoms with van der Waals surface area (Å²) in [5.74, 6) is -0.0393. The number of alkyl halides is 2. The lowest BCUT2D eigenvalue weighted by atomic mass is 10.1. The van der Waals surface area contributed by atoms with Crippen molar-refractivity contribution in [1.29, 1.82) is 0 Å². The van der Waals surface area contributed by atoms with E-state index in [1.54, 1.807) is 22.6 Å². The zero-order valence-corrected chi connectivity index (χ0v) is 9.51. The van der Waals surface area contributed by atoms with Crippen LogP contribution in [0.1, 0.15) is 22.3 Å². The first-order valence-electron chi connectivity index (χ1n) is 3.37. The van der Waals surface area contributed by atoms with E-state index in [9.17, 15) is 13.6 Å². The molecule has 0 atom stereocenters. The number of nitrogens with zero attached hydrogens (tertiary/aromatic N) is 1. The second-order valence-corrected chi connectivity index (χ2v) is 3.78. The molecule has 0 aliphatic rings. The normalized spacial score (nSPS) is 10.6. The molecule has 0 spiro atoms. The molecule has 1 aromatic heterocycles. The topological polar surface area (TPSA) is 56.0 Å². The molecule has 1 rings (SSSR count). The summed E-state index contributed by atoms with van der Waals surface area (Å²) in [4.78, 5) is 14.4. The molecule has 0 aliphatic carbocycles. The number of carbonyl (C=O) groups excluding carboxylic acids is 1. The van der Waals surface area contributed by atoms with E-state index in [2.05, 4.69) is 4.98 Å². The predicted molar refractivity (Wildman–Crippen MR) is 56.5 cm³/mol. The van der Waals surface area contributed by atoms with Gasteiger partial charge in [-0.1, -0.05) is 0 Å². The summed E-state index contributed by atoms with van der Waals surface area (Å²) in [6, 6.07) is 0. The number of hydrogen-bond donors (Lipinski definition) is 1. The Labute approximate surface area is 96.8 Å². The number of nitrogens with two attached hydrogens (primary N) is 1. The van der Waals surface area contributed by atoms with Crippen molar-refractivity contribution in [2.75, 3.05) is 5.73 Å². The molecule has 7 heteroatoms. The molecule has 0 aliphatic heterocycles. The Morgan fingerprint density at radius 3 is 2.64 bits per heavy atom. The number of rotatable bonds is 2. The van der Waals surface area contributed by atoms with Gasteiger partial charge in [0.1, 0.15) is 5.82 Å². The van der Waals surface area contributed by atoms with Gasteiger partial charge in [0.25, 0.3) is 11.7 Å². The first kappa shape index (κ1) is 11.6. The summed E-state index contributed by atoms with van der Waals surface area (Å²) in [5.41, 5.74) is 4.56. The maximum Gasteiger partial charge on any atom is 0.265 e. The molecule has 0 bridgehead atoms. The third-order valence-electron chi connectivity index (χ3n) is 1.51. The van der Waals surface area contributed by atoms with Crippen LogP contribution in [0.15, 0.2) is 6.20 Å². The van der Waals surface area contributed by atoms with Crippen molar-refractivity contribution in [1.82, 2.24) is 4.98 Å². The predicted octanol–water partition coefficient (Wildman–Crippen LogP) is 2.58. The molecule has 0 aromatic carbocycles. The number of aromatic nitrogens is 1. The van der Waals surface area contributed by atoms with Gasteiger partial charge in [0, 0.05) is 11.8 Å². The van der Waals surface area contributed by atoms with E-state index in [0.717, 1.165) is 6.20 Å². The van der Waals surface area contributed by atoms with Gasteiger partial charge in [-0.2, -0.15) is 0 Å². The summed E-state index contributed by atoms with van der Waals surface area (Å²) in [6.45, 7) is 0. The minimum absolute atomic E-state index is 0.0393. The van der Waals surface area contributed by atoms with Crippen LogP contribution >= 0.6 is 34.2 Å². The van der Waals surface area contributed by atoms with Crippen LogP contribution in [0.2, 0.25) is 0 Å². The number of carbonyl (C=O) groups is 1. The van der Waals surface area contributed by atoms with Crippen molar-refractivity contribution in [3.05, 3.63) is 20.9 Å². The number of anilines is 1.